The molecular weight excluding hydrogens is 236 g/mol. The van der Waals surface area contributed by atoms with Crippen molar-refractivity contribution in [2.24, 2.45) is 5.73 Å². The molecule has 1 aliphatic rings. The molecule has 0 aliphatic carbocycles. The summed E-state index contributed by atoms with van der Waals surface area (Å²) in [5.41, 5.74) is 7.81. The van der Waals surface area contributed by atoms with Crippen molar-refractivity contribution in [3.8, 4) is 0 Å². The van der Waals surface area contributed by atoms with Gasteiger partial charge in [-0.1, -0.05) is 13.0 Å². The fourth-order valence-electron chi connectivity index (χ4n) is 2.89. The third kappa shape index (κ3) is 4.00. The highest BCUT2D eigenvalue weighted by Gasteiger charge is 2.23. The summed E-state index contributed by atoms with van der Waals surface area (Å²) in [5, 5.41) is 0. The van der Waals surface area contributed by atoms with Gasteiger partial charge >= 0.3 is 0 Å². The second-order valence-electron chi connectivity index (χ2n) is 5.48. The molecule has 2 rings (SSSR count). The van der Waals surface area contributed by atoms with Gasteiger partial charge in [0.15, 0.2) is 0 Å². The van der Waals surface area contributed by atoms with Gasteiger partial charge in [0.05, 0.1) is 5.69 Å². The van der Waals surface area contributed by atoms with Crippen LogP contribution in [0.1, 0.15) is 31.0 Å². The first-order chi connectivity index (χ1) is 9.22. The van der Waals surface area contributed by atoms with Crippen molar-refractivity contribution in [2.45, 2.75) is 38.9 Å². The number of likely N-dealkylation sites (N-methyl/N-ethyl adjacent to an activating group) is 2. The summed E-state index contributed by atoms with van der Waals surface area (Å²) in [4.78, 5) is 9.43. The molecule has 0 aromatic carbocycles. The largest absolute Gasteiger partial charge is 0.326 e. The first-order valence-corrected chi connectivity index (χ1v) is 7.29. The first kappa shape index (κ1) is 14.4. The van der Waals surface area contributed by atoms with Crippen molar-refractivity contribution in [2.75, 3.05) is 26.7 Å². The van der Waals surface area contributed by atoms with Gasteiger partial charge in [-0.3, -0.25) is 14.8 Å². The van der Waals surface area contributed by atoms with Gasteiger partial charge in [0.25, 0.3) is 0 Å². The van der Waals surface area contributed by atoms with E-state index >= 15 is 0 Å². The van der Waals surface area contributed by atoms with Gasteiger partial charge in [0.1, 0.15) is 0 Å². The average molecular weight is 262 g/mol. The molecule has 2 heterocycles. The molecule has 0 radical (unpaired) electrons. The standard InChI is InChI=1S/C15H26N4/c1-3-19-8-4-5-15(19)12-18(2)11-14-7-6-13(9-16)10-17-14/h6-7,10,15H,3-5,8-9,11-12,16H2,1-2H3. The lowest BCUT2D eigenvalue weighted by Crippen LogP contribution is -2.38. The van der Waals surface area contributed by atoms with E-state index in [-0.39, 0.29) is 0 Å². The smallest absolute Gasteiger partial charge is 0.0544 e. The summed E-state index contributed by atoms with van der Waals surface area (Å²) >= 11 is 0. The molecular formula is C15H26N4. The van der Waals surface area contributed by atoms with Crippen molar-refractivity contribution in [3.63, 3.8) is 0 Å². The Morgan fingerprint density at radius 3 is 2.95 bits per heavy atom. The molecule has 2 N–H and O–H groups in total. The highest BCUT2D eigenvalue weighted by molar-refractivity contribution is 5.13. The molecule has 1 aliphatic heterocycles. The molecule has 0 spiro atoms. The van der Waals surface area contributed by atoms with Crippen molar-refractivity contribution >= 4 is 0 Å². The van der Waals surface area contributed by atoms with Crippen LogP contribution in [0.4, 0.5) is 0 Å². The maximum Gasteiger partial charge on any atom is 0.0544 e. The SMILES string of the molecule is CCN1CCCC1CN(C)Cc1ccc(CN)cn1. The Morgan fingerprint density at radius 1 is 1.47 bits per heavy atom. The molecule has 4 heteroatoms. The number of likely N-dealkylation sites (tertiary alicyclic amines) is 1. The summed E-state index contributed by atoms with van der Waals surface area (Å²) < 4.78 is 0. The lowest BCUT2D eigenvalue weighted by Gasteiger charge is -2.27. The fourth-order valence-corrected chi connectivity index (χ4v) is 2.89. The molecule has 106 valence electrons. The molecule has 1 saturated heterocycles. The van der Waals surface area contributed by atoms with Crippen LogP contribution in [0, 0.1) is 0 Å². The topological polar surface area (TPSA) is 45.4 Å². The maximum absolute atomic E-state index is 5.58. The van der Waals surface area contributed by atoms with Crippen LogP contribution in [0.2, 0.25) is 0 Å². The molecule has 1 aromatic rings. The second kappa shape index (κ2) is 6.98. The third-order valence-electron chi connectivity index (χ3n) is 3.98. The van der Waals surface area contributed by atoms with Crippen LogP contribution in [-0.2, 0) is 13.1 Å². The zero-order chi connectivity index (χ0) is 13.7. The van der Waals surface area contributed by atoms with Gasteiger partial charge in [-0.05, 0) is 44.6 Å². The molecule has 0 amide bonds. The van der Waals surface area contributed by atoms with E-state index < -0.39 is 0 Å². The Balaban J connectivity index is 1.84. The van der Waals surface area contributed by atoms with Gasteiger partial charge in [-0.25, -0.2) is 0 Å². The van der Waals surface area contributed by atoms with Gasteiger partial charge in [-0.15, -0.1) is 0 Å². The van der Waals surface area contributed by atoms with Crippen LogP contribution >= 0.6 is 0 Å². The van der Waals surface area contributed by atoms with Crippen LogP contribution in [0.15, 0.2) is 18.3 Å². The van der Waals surface area contributed by atoms with E-state index in [1.165, 1.54) is 25.9 Å². The van der Waals surface area contributed by atoms with Gasteiger partial charge in [-0.2, -0.15) is 0 Å². The van der Waals surface area contributed by atoms with Crippen LogP contribution in [-0.4, -0.2) is 47.5 Å². The zero-order valence-electron chi connectivity index (χ0n) is 12.2. The molecule has 1 aromatic heterocycles. The molecule has 1 unspecified atom stereocenters. The number of pyridine rings is 1. The van der Waals surface area contributed by atoms with Crippen molar-refractivity contribution in [1.82, 2.24) is 14.8 Å². The first-order valence-electron chi connectivity index (χ1n) is 7.29. The minimum absolute atomic E-state index is 0.566. The summed E-state index contributed by atoms with van der Waals surface area (Å²) in [6.45, 7) is 7.30. The second-order valence-corrected chi connectivity index (χ2v) is 5.48. The molecule has 19 heavy (non-hydrogen) atoms. The third-order valence-corrected chi connectivity index (χ3v) is 3.98. The van der Waals surface area contributed by atoms with Crippen LogP contribution in [0.3, 0.4) is 0 Å². The Kier molecular flexibility index (Phi) is 5.31. The van der Waals surface area contributed by atoms with Gasteiger partial charge in [0, 0.05) is 31.9 Å². The number of nitrogens with two attached hydrogens (primary N) is 1. The van der Waals surface area contributed by atoms with E-state index in [4.69, 9.17) is 5.73 Å². The number of aromatic nitrogens is 1. The lowest BCUT2D eigenvalue weighted by molar-refractivity contribution is 0.194. The van der Waals surface area contributed by atoms with Crippen LogP contribution in [0.25, 0.3) is 0 Å². The predicted octanol–water partition coefficient (Wildman–Crippen LogP) is 1.46. The summed E-state index contributed by atoms with van der Waals surface area (Å²) in [5.74, 6) is 0. The van der Waals surface area contributed by atoms with E-state index in [9.17, 15) is 0 Å². The summed E-state index contributed by atoms with van der Waals surface area (Å²) in [7, 11) is 2.19. The summed E-state index contributed by atoms with van der Waals surface area (Å²) in [6, 6.07) is 4.88. The van der Waals surface area contributed by atoms with Crippen molar-refractivity contribution < 1.29 is 0 Å². The van der Waals surface area contributed by atoms with Crippen molar-refractivity contribution in [1.29, 1.82) is 0 Å². The Bertz CT molecular complexity index is 376. The van der Waals surface area contributed by atoms with Crippen molar-refractivity contribution in [3.05, 3.63) is 29.6 Å². The van der Waals surface area contributed by atoms with E-state index in [1.54, 1.807) is 0 Å². The predicted molar refractivity (Wildman–Crippen MR) is 78.7 cm³/mol. The Morgan fingerprint density at radius 2 is 2.32 bits per heavy atom. The number of nitrogens with zero attached hydrogens (tertiary/aromatic N) is 3. The number of hydrogen-bond donors (Lipinski definition) is 1. The number of hydrogen-bond acceptors (Lipinski definition) is 4. The average Bonchev–Trinajstić information content (AvgIpc) is 2.86. The van der Waals surface area contributed by atoms with Crippen LogP contribution < -0.4 is 5.73 Å². The number of rotatable bonds is 6. The van der Waals surface area contributed by atoms with Gasteiger partial charge in [0.2, 0.25) is 0 Å². The highest BCUT2D eigenvalue weighted by atomic mass is 15.2. The van der Waals surface area contributed by atoms with E-state index in [0.29, 0.717) is 6.54 Å². The zero-order valence-corrected chi connectivity index (χ0v) is 12.2. The summed E-state index contributed by atoms with van der Waals surface area (Å²) in [6.07, 6.45) is 4.56. The molecule has 1 fully saturated rings. The minimum Gasteiger partial charge on any atom is -0.326 e. The van der Waals surface area contributed by atoms with E-state index in [0.717, 1.165) is 30.4 Å². The van der Waals surface area contributed by atoms with Gasteiger partial charge < -0.3 is 5.73 Å². The van der Waals surface area contributed by atoms with E-state index in [2.05, 4.69) is 40.9 Å². The van der Waals surface area contributed by atoms with E-state index in [1.807, 2.05) is 6.20 Å². The lowest BCUT2D eigenvalue weighted by atomic mass is 10.2. The highest BCUT2D eigenvalue weighted by Crippen LogP contribution is 2.17. The molecule has 1 atom stereocenters. The molecule has 4 nitrogen and oxygen atoms in total. The quantitative estimate of drug-likeness (QED) is 0.843. The minimum atomic E-state index is 0.566. The monoisotopic (exact) mass is 262 g/mol. The van der Waals surface area contributed by atoms with Crippen LogP contribution in [0.5, 0.6) is 0 Å². The fraction of sp³-hybridized carbons (Fsp3) is 0.667. The molecule has 0 bridgehead atoms. The molecule has 0 saturated carbocycles. The Labute approximate surface area is 116 Å². The Hall–Kier alpha value is -0.970. The normalized spacial score (nSPS) is 20.3. The maximum atomic E-state index is 5.58.